The second kappa shape index (κ2) is 12.6. The maximum Gasteiger partial charge on any atom is 0.490 e. The number of aromatic nitrogens is 3. The zero-order chi connectivity index (χ0) is 27.9. The topological polar surface area (TPSA) is 115 Å². The predicted molar refractivity (Wildman–Crippen MR) is 138 cm³/mol. The smallest absolute Gasteiger partial charge is 0.490 e. The van der Waals surface area contributed by atoms with E-state index < -0.39 is 12.1 Å². The molecule has 0 spiro atoms. The summed E-state index contributed by atoms with van der Waals surface area (Å²) in [4.78, 5) is 39.7. The van der Waals surface area contributed by atoms with Crippen molar-refractivity contribution in [2.45, 2.75) is 45.5 Å². The van der Waals surface area contributed by atoms with Crippen LogP contribution in [-0.2, 0) is 17.9 Å². The van der Waals surface area contributed by atoms with E-state index in [1.807, 2.05) is 39.6 Å². The number of para-hydroxylation sites is 1. The van der Waals surface area contributed by atoms with Crippen LogP contribution in [-0.4, -0.2) is 50.9 Å². The SMILES string of the molecule is CCCCn1c(=O)c2c(OC)c(C(=O)NCCCn3ccnc3)sc2c2ccccc21.O=C(O)C(F)(F)F. The quantitative estimate of drug-likeness (QED) is 0.292. The Balaban J connectivity index is 0.000000505. The van der Waals surface area contributed by atoms with Crippen LogP contribution in [0.4, 0.5) is 13.2 Å². The molecule has 0 saturated carbocycles. The van der Waals surface area contributed by atoms with Crippen molar-refractivity contribution in [3.05, 3.63) is 58.2 Å². The Hall–Kier alpha value is -3.87. The summed E-state index contributed by atoms with van der Waals surface area (Å²) in [6, 6.07) is 7.86. The summed E-state index contributed by atoms with van der Waals surface area (Å²) in [6.45, 7) is 4.04. The molecule has 0 aliphatic heterocycles. The van der Waals surface area contributed by atoms with Crippen molar-refractivity contribution in [1.29, 1.82) is 0 Å². The molecule has 0 aliphatic carbocycles. The molecule has 0 radical (unpaired) electrons. The largest absolute Gasteiger partial charge is 0.494 e. The number of rotatable bonds is 9. The molecular weight excluding hydrogens is 525 g/mol. The van der Waals surface area contributed by atoms with Gasteiger partial charge >= 0.3 is 12.1 Å². The molecule has 0 fully saturated rings. The number of benzene rings is 1. The van der Waals surface area contributed by atoms with Crippen LogP contribution in [0.5, 0.6) is 5.75 Å². The van der Waals surface area contributed by atoms with Crippen LogP contribution in [0.1, 0.15) is 35.9 Å². The number of carbonyl (C=O) groups excluding carboxylic acids is 1. The zero-order valence-corrected chi connectivity index (χ0v) is 21.6. The molecule has 3 aromatic heterocycles. The highest BCUT2D eigenvalue weighted by Crippen LogP contribution is 2.39. The van der Waals surface area contributed by atoms with Gasteiger partial charge in [0.15, 0.2) is 5.75 Å². The van der Waals surface area contributed by atoms with E-state index in [-0.39, 0.29) is 11.5 Å². The summed E-state index contributed by atoms with van der Waals surface area (Å²) in [7, 11) is 1.52. The normalized spacial score (nSPS) is 11.3. The molecule has 0 unspecified atom stereocenters. The first-order valence-electron chi connectivity index (χ1n) is 11.8. The van der Waals surface area contributed by atoms with Gasteiger partial charge in [-0.15, -0.1) is 11.3 Å². The standard InChI is InChI=1S/C23H26N4O3S.C2HF3O2/c1-3-4-13-27-17-9-6-5-8-16(17)20-18(23(27)29)19(30-2)21(31-20)22(28)25-10-7-12-26-14-11-24-15-26;3-2(4,5)1(6)7/h5-6,8-9,11,14-15H,3-4,7,10,12-13H2,1-2H3,(H,25,28);(H,6,7). The lowest BCUT2D eigenvalue weighted by molar-refractivity contribution is -0.192. The molecule has 4 aromatic rings. The zero-order valence-electron chi connectivity index (χ0n) is 20.7. The third-order valence-corrected chi connectivity index (χ3v) is 6.79. The van der Waals surface area contributed by atoms with Gasteiger partial charge in [-0.2, -0.15) is 13.2 Å². The molecule has 0 saturated heterocycles. The summed E-state index contributed by atoms with van der Waals surface area (Å²) in [5.41, 5.74) is 0.791. The number of pyridine rings is 1. The third-order valence-electron chi connectivity index (χ3n) is 5.59. The molecule has 13 heteroatoms. The highest BCUT2D eigenvalue weighted by atomic mass is 32.1. The fourth-order valence-corrected chi connectivity index (χ4v) is 5.00. The lowest BCUT2D eigenvalue weighted by atomic mass is 10.1. The number of halogens is 3. The van der Waals surface area contributed by atoms with E-state index in [2.05, 4.69) is 17.2 Å². The fraction of sp³-hybridized carbons (Fsp3) is 0.360. The number of carboxylic acids is 1. The van der Waals surface area contributed by atoms with Gasteiger partial charge in [0.1, 0.15) is 10.3 Å². The number of nitrogens with zero attached hydrogens (tertiary/aromatic N) is 3. The number of nitrogens with one attached hydrogen (secondary N) is 1. The highest BCUT2D eigenvalue weighted by molar-refractivity contribution is 7.22. The molecule has 1 aromatic carbocycles. The van der Waals surface area contributed by atoms with Gasteiger partial charge in [-0.3, -0.25) is 9.59 Å². The van der Waals surface area contributed by atoms with Gasteiger partial charge in [0.05, 0.1) is 23.7 Å². The number of hydrogen-bond acceptors (Lipinski definition) is 6. The molecular formula is C25H27F3N4O5S. The molecule has 38 heavy (non-hydrogen) atoms. The van der Waals surface area contributed by atoms with E-state index in [1.165, 1.54) is 18.4 Å². The van der Waals surface area contributed by atoms with Crippen LogP contribution in [0.2, 0.25) is 0 Å². The number of aliphatic carboxylic acids is 1. The van der Waals surface area contributed by atoms with Gasteiger partial charge in [0.2, 0.25) is 0 Å². The number of thiophene rings is 1. The average molecular weight is 553 g/mol. The minimum Gasteiger partial charge on any atom is -0.494 e. The molecule has 0 atom stereocenters. The van der Waals surface area contributed by atoms with Crippen LogP contribution < -0.4 is 15.6 Å². The van der Waals surface area contributed by atoms with Gasteiger partial charge in [-0.25, -0.2) is 9.78 Å². The first-order chi connectivity index (χ1) is 18.1. The maximum atomic E-state index is 13.4. The van der Waals surface area contributed by atoms with E-state index in [0.29, 0.717) is 29.1 Å². The van der Waals surface area contributed by atoms with Crippen molar-refractivity contribution in [3.63, 3.8) is 0 Å². The molecule has 0 bridgehead atoms. The predicted octanol–water partition coefficient (Wildman–Crippen LogP) is 4.67. The first-order valence-corrected chi connectivity index (χ1v) is 12.6. The van der Waals surface area contributed by atoms with E-state index in [4.69, 9.17) is 14.6 Å². The monoisotopic (exact) mass is 552 g/mol. The van der Waals surface area contributed by atoms with Crippen LogP contribution in [0.15, 0.2) is 47.8 Å². The minimum absolute atomic E-state index is 0.102. The number of amides is 1. The Morgan fingerprint density at radius 2 is 1.89 bits per heavy atom. The summed E-state index contributed by atoms with van der Waals surface area (Å²) in [5, 5.41) is 11.5. The second-order valence-corrected chi connectivity index (χ2v) is 9.23. The van der Waals surface area contributed by atoms with Gasteiger partial charge in [-0.1, -0.05) is 31.5 Å². The van der Waals surface area contributed by atoms with Crippen LogP contribution in [0, 0.1) is 0 Å². The van der Waals surface area contributed by atoms with Gasteiger partial charge in [0.25, 0.3) is 11.5 Å². The van der Waals surface area contributed by atoms with E-state index >= 15 is 0 Å². The number of methoxy groups -OCH3 is 1. The summed E-state index contributed by atoms with van der Waals surface area (Å²) in [6.07, 6.45) is 2.98. The van der Waals surface area contributed by atoms with Crippen LogP contribution in [0.3, 0.4) is 0 Å². The summed E-state index contributed by atoms with van der Waals surface area (Å²) < 4.78 is 41.9. The molecule has 1 amide bonds. The average Bonchev–Trinajstić information content (AvgIpc) is 3.54. The Morgan fingerprint density at radius 3 is 2.50 bits per heavy atom. The Bertz CT molecular complexity index is 1460. The van der Waals surface area contributed by atoms with E-state index in [9.17, 15) is 22.8 Å². The van der Waals surface area contributed by atoms with Crippen molar-refractivity contribution in [1.82, 2.24) is 19.4 Å². The lowest BCUT2D eigenvalue weighted by Gasteiger charge is -2.11. The Labute approximate surface area is 219 Å². The number of imidazole rings is 1. The number of fused-ring (bicyclic) bond motifs is 3. The fourth-order valence-electron chi connectivity index (χ4n) is 3.79. The number of unbranched alkanes of at least 4 members (excludes halogenated alkanes) is 1. The first kappa shape index (κ1) is 28.7. The molecule has 3 heterocycles. The van der Waals surface area contributed by atoms with Gasteiger partial charge < -0.3 is 24.3 Å². The van der Waals surface area contributed by atoms with E-state index in [1.54, 1.807) is 12.5 Å². The van der Waals surface area contributed by atoms with Crippen molar-refractivity contribution >= 4 is 44.2 Å². The number of hydrogen-bond donors (Lipinski definition) is 2. The number of alkyl halides is 3. The Morgan fingerprint density at radius 1 is 1.18 bits per heavy atom. The third kappa shape index (κ3) is 6.52. The number of ether oxygens (including phenoxy) is 1. The Kier molecular flexibility index (Phi) is 9.50. The van der Waals surface area contributed by atoms with Crippen molar-refractivity contribution in [2.75, 3.05) is 13.7 Å². The van der Waals surface area contributed by atoms with Crippen LogP contribution >= 0.6 is 11.3 Å². The molecule has 0 aliphatic rings. The maximum absolute atomic E-state index is 13.4. The number of carboxylic acid groups (broad SMARTS) is 1. The van der Waals surface area contributed by atoms with Crippen molar-refractivity contribution in [3.8, 4) is 5.75 Å². The van der Waals surface area contributed by atoms with Crippen LogP contribution in [0.25, 0.3) is 21.0 Å². The van der Waals surface area contributed by atoms with Gasteiger partial charge in [-0.05, 0) is 18.9 Å². The van der Waals surface area contributed by atoms with E-state index in [0.717, 1.165) is 41.4 Å². The van der Waals surface area contributed by atoms with Gasteiger partial charge in [0, 0.05) is 37.4 Å². The number of aryl methyl sites for hydroxylation is 2. The second-order valence-electron chi connectivity index (χ2n) is 8.21. The molecule has 204 valence electrons. The minimum atomic E-state index is -5.08. The summed E-state index contributed by atoms with van der Waals surface area (Å²) >= 11 is 1.32. The van der Waals surface area contributed by atoms with Crippen molar-refractivity contribution in [2.24, 2.45) is 0 Å². The van der Waals surface area contributed by atoms with Crippen molar-refractivity contribution < 1.29 is 32.6 Å². The molecule has 4 rings (SSSR count). The lowest BCUT2D eigenvalue weighted by Crippen LogP contribution is -2.25. The molecule has 2 N–H and O–H groups in total. The molecule has 9 nitrogen and oxygen atoms in total. The summed E-state index contributed by atoms with van der Waals surface area (Å²) in [5.74, 6) is -2.60. The highest BCUT2D eigenvalue weighted by Gasteiger charge is 2.38. The number of carbonyl (C=O) groups is 2.